The third-order valence-corrected chi connectivity index (χ3v) is 8.80. The number of hydrogen-bond acceptors (Lipinski definition) is 5. The van der Waals surface area contributed by atoms with Crippen LogP contribution in [0.25, 0.3) is 10.2 Å². The zero-order chi connectivity index (χ0) is 23.8. The molecule has 1 fully saturated rings. The van der Waals surface area contributed by atoms with E-state index in [1.165, 1.54) is 35.6 Å². The van der Waals surface area contributed by atoms with E-state index >= 15 is 0 Å². The molecular formula is C24H29N3O4S2. The number of piperidine rings is 1. The van der Waals surface area contributed by atoms with Crippen molar-refractivity contribution in [2.24, 2.45) is 23.9 Å². The van der Waals surface area contributed by atoms with Gasteiger partial charge in [-0.1, -0.05) is 31.3 Å². The molecule has 7 nitrogen and oxygen atoms in total. The van der Waals surface area contributed by atoms with Crippen LogP contribution in [0.5, 0.6) is 5.75 Å². The van der Waals surface area contributed by atoms with E-state index in [1.807, 2.05) is 36.7 Å². The fraction of sp³-hybridized carbons (Fsp3) is 0.417. The predicted octanol–water partition coefficient (Wildman–Crippen LogP) is 4.05. The van der Waals surface area contributed by atoms with E-state index in [9.17, 15) is 13.2 Å². The maximum atomic E-state index is 13.1. The van der Waals surface area contributed by atoms with E-state index in [4.69, 9.17) is 4.74 Å². The van der Waals surface area contributed by atoms with Crippen LogP contribution < -0.4 is 9.54 Å². The number of carbonyl (C=O) groups is 1. The second kappa shape index (κ2) is 9.40. The number of ether oxygens (including phenoxy) is 1. The van der Waals surface area contributed by atoms with Gasteiger partial charge in [0.25, 0.3) is 5.91 Å². The average molecular weight is 488 g/mol. The molecule has 0 N–H and O–H groups in total. The summed E-state index contributed by atoms with van der Waals surface area (Å²) in [6, 6.07) is 11.8. The monoisotopic (exact) mass is 487 g/mol. The molecule has 1 aliphatic rings. The molecule has 33 heavy (non-hydrogen) atoms. The summed E-state index contributed by atoms with van der Waals surface area (Å²) >= 11 is 1.41. The first-order valence-electron chi connectivity index (χ1n) is 11.1. The Balaban J connectivity index is 1.61. The summed E-state index contributed by atoms with van der Waals surface area (Å²) in [5.74, 6) is 0.986. The molecule has 1 aliphatic heterocycles. The van der Waals surface area contributed by atoms with Gasteiger partial charge < -0.3 is 9.30 Å². The van der Waals surface area contributed by atoms with E-state index in [1.54, 1.807) is 4.31 Å². The highest BCUT2D eigenvalue weighted by molar-refractivity contribution is 7.89. The van der Waals surface area contributed by atoms with Crippen molar-refractivity contribution in [2.45, 2.75) is 32.1 Å². The standard InChI is InChI=1S/C24H29N3O4S2/c1-5-31-20-7-6-8-21-22(20)26(4)24(32-21)25-23(28)18-9-11-19(12-10-18)33(29,30)27-14-16(2)13-17(3)15-27/h6-12,16-17H,5,13-15H2,1-4H3. The van der Waals surface area contributed by atoms with Gasteiger partial charge in [-0.15, -0.1) is 0 Å². The quantitative estimate of drug-likeness (QED) is 0.544. The summed E-state index contributed by atoms with van der Waals surface area (Å²) in [6.45, 7) is 7.67. The van der Waals surface area contributed by atoms with Gasteiger partial charge in [0.2, 0.25) is 10.0 Å². The highest BCUT2D eigenvalue weighted by atomic mass is 32.2. The topological polar surface area (TPSA) is 81.0 Å². The molecule has 2 atom stereocenters. The second-order valence-corrected chi connectivity index (χ2v) is 11.6. The minimum Gasteiger partial charge on any atom is -0.492 e. The molecule has 9 heteroatoms. The smallest absolute Gasteiger partial charge is 0.279 e. The van der Waals surface area contributed by atoms with Crippen molar-refractivity contribution in [2.75, 3.05) is 19.7 Å². The zero-order valence-corrected chi connectivity index (χ0v) is 20.9. The number of amides is 1. The second-order valence-electron chi connectivity index (χ2n) is 8.69. The summed E-state index contributed by atoms with van der Waals surface area (Å²) in [5.41, 5.74) is 1.24. The van der Waals surface area contributed by atoms with E-state index in [0.717, 1.165) is 22.4 Å². The molecule has 4 rings (SSSR count). The molecule has 176 valence electrons. The van der Waals surface area contributed by atoms with Gasteiger partial charge in [0.05, 0.1) is 16.2 Å². The predicted molar refractivity (Wildman–Crippen MR) is 130 cm³/mol. The summed E-state index contributed by atoms with van der Waals surface area (Å²) < 4.78 is 36.3. The maximum absolute atomic E-state index is 13.1. The third kappa shape index (κ3) is 4.76. The van der Waals surface area contributed by atoms with Crippen molar-refractivity contribution in [3.63, 3.8) is 0 Å². The number of carbonyl (C=O) groups excluding carboxylic acids is 1. The summed E-state index contributed by atoms with van der Waals surface area (Å²) in [6.07, 6.45) is 1.03. The lowest BCUT2D eigenvalue weighted by Crippen LogP contribution is -2.42. The van der Waals surface area contributed by atoms with Crippen LogP contribution in [0.3, 0.4) is 0 Å². The van der Waals surface area contributed by atoms with Crippen LogP contribution >= 0.6 is 11.3 Å². The van der Waals surface area contributed by atoms with Crippen molar-refractivity contribution in [1.29, 1.82) is 0 Å². The number of aryl methyl sites for hydroxylation is 1. The zero-order valence-electron chi connectivity index (χ0n) is 19.3. The summed E-state index contributed by atoms with van der Waals surface area (Å²) in [5, 5.41) is 0. The van der Waals surface area contributed by atoms with Gasteiger partial charge in [0, 0.05) is 25.7 Å². The molecule has 0 aliphatic carbocycles. The number of para-hydroxylation sites is 1. The van der Waals surface area contributed by atoms with E-state index < -0.39 is 15.9 Å². The van der Waals surface area contributed by atoms with Gasteiger partial charge in [-0.2, -0.15) is 9.30 Å². The lowest BCUT2D eigenvalue weighted by molar-refractivity contribution is 0.0998. The molecular weight excluding hydrogens is 458 g/mol. The average Bonchev–Trinajstić information content (AvgIpc) is 3.09. The van der Waals surface area contributed by atoms with Gasteiger partial charge in [0.1, 0.15) is 11.3 Å². The summed E-state index contributed by atoms with van der Waals surface area (Å²) in [4.78, 5) is 17.9. The molecule has 1 saturated heterocycles. The number of benzene rings is 2. The van der Waals surface area contributed by atoms with Crippen LogP contribution in [0, 0.1) is 11.8 Å². The Bertz CT molecular complexity index is 1330. The lowest BCUT2D eigenvalue weighted by atomic mass is 9.94. The largest absolute Gasteiger partial charge is 0.492 e. The van der Waals surface area contributed by atoms with Gasteiger partial charge in [-0.3, -0.25) is 4.79 Å². The number of aromatic nitrogens is 1. The van der Waals surface area contributed by atoms with Crippen LogP contribution in [-0.2, 0) is 17.1 Å². The first-order chi connectivity index (χ1) is 15.7. The first kappa shape index (κ1) is 23.7. The molecule has 2 aromatic carbocycles. The van der Waals surface area contributed by atoms with Crippen molar-refractivity contribution < 1.29 is 17.9 Å². The normalized spacial score (nSPS) is 20.3. The van der Waals surface area contributed by atoms with Crippen molar-refractivity contribution >= 4 is 37.5 Å². The number of thiazole rings is 1. The van der Waals surface area contributed by atoms with Gasteiger partial charge >= 0.3 is 0 Å². The van der Waals surface area contributed by atoms with Gasteiger partial charge in [-0.05, 0) is 61.6 Å². The van der Waals surface area contributed by atoms with Gasteiger partial charge in [-0.25, -0.2) is 8.42 Å². The van der Waals surface area contributed by atoms with Crippen LogP contribution in [0.1, 0.15) is 37.6 Å². The Kier molecular flexibility index (Phi) is 6.74. The number of hydrogen-bond donors (Lipinski definition) is 0. The number of fused-ring (bicyclic) bond motifs is 1. The SMILES string of the molecule is CCOc1cccc2sc(=NC(=O)c3ccc(S(=O)(=O)N4CC(C)CC(C)C4)cc3)n(C)c12. The molecule has 2 unspecified atom stereocenters. The summed E-state index contributed by atoms with van der Waals surface area (Å²) in [7, 11) is -1.74. The Morgan fingerprint density at radius 2 is 1.79 bits per heavy atom. The molecule has 0 saturated carbocycles. The fourth-order valence-electron chi connectivity index (χ4n) is 4.42. The Morgan fingerprint density at radius 3 is 2.42 bits per heavy atom. The molecule has 0 bridgehead atoms. The molecule has 2 heterocycles. The van der Waals surface area contributed by atoms with Gasteiger partial charge in [0.15, 0.2) is 4.80 Å². The van der Waals surface area contributed by atoms with E-state index in [2.05, 4.69) is 18.8 Å². The maximum Gasteiger partial charge on any atom is 0.279 e. The highest BCUT2D eigenvalue weighted by Gasteiger charge is 2.31. The van der Waals surface area contributed by atoms with E-state index in [-0.39, 0.29) is 4.90 Å². The van der Waals surface area contributed by atoms with Crippen molar-refractivity contribution in [1.82, 2.24) is 8.87 Å². The third-order valence-electron chi connectivity index (χ3n) is 5.86. The molecule has 0 spiro atoms. The molecule has 3 aromatic rings. The molecule has 1 aromatic heterocycles. The first-order valence-corrected chi connectivity index (χ1v) is 13.4. The molecule has 1 amide bonds. The Morgan fingerprint density at radius 1 is 1.12 bits per heavy atom. The van der Waals surface area contributed by atoms with Crippen LogP contribution in [0.2, 0.25) is 0 Å². The molecule has 0 radical (unpaired) electrons. The van der Waals surface area contributed by atoms with Crippen molar-refractivity contribution in [3.05, 3.63) is 52.8 Å². The minimum absolute atomic E-state index is 0.203. The fourth-order valence-corrected chi connectivity index (χ4v) is 7.13. The van der Waals surface area contributed by atoms with Crippen LogP contribution in [0.15, 0.2) is 52.4 Å². The number of rotatable bonds is 5. The Labute approximate surface area is 198 Å². The number of nitrogens with zero attached hydrogens (tertiary/aromatic N) is 3. The highest BCUT2D eigenvalue weighted by Crippen LogP contribution is 2.28. The van der Waals surface area contributed by atoms with Crippen molar-refractivity contribution in [3.8, 4) is 5.75 Å². The Hall–Kier alpha value is -2.49. The van der Waals surface area contributed by atoms with Crippen LogP contribution in [-0.4, -0.2) is 42.9 Å². The van der Waals surface area contributed by atoms with Crippen LogP contribution in [0.4, 0.5) is 0 Å². The minimum atomic E-state index is -3.59. The van der Waals surface area contributed by atoms with E-state index in [0.29, 0.717) is 41.9 Å². The lowest BCUT2D eigenvalue weighted by Gasteiger charge is -2.34. The number of sulfonamides is 1.